The number of hydrogen-bond donors (Lipinski definition) is 0. The molecule has 0 radical (unpaired) electrons. The van der Waals surface area contributed by atoms with Gasteiger partial charge in [-0.1, -0.05) is 0 Å². The first kappa shape index (κ1) is 12.7. The molecular formula is C14H16O4S. The average molecular weight is 280 g/mol. The first-order chi connectivity index (χ1) is 8.90. The summed E-state index contributed by atoms with van der Waals surface area (Å²) >= 11 is 0. The van der Waals surface area contributed by atoms with Crippen LogP contribution in [0, 0.1) is 11.3 Å². The van der Waals surface area contributed by atoms with Crippen LogP contribution in [0.3, 0.4) is 0 Å². The van der Waals surface area contributed by atoms with Crippen molar-refractivity contribution in [3.05, 3.63) is 29.8 Å². The lowest BCUT2D eigenvalue weighted by Gasteiger charge is -2.07. The number of carbonyl (C=O) groups is 1. The molecule has 3 rings (SSSR count). The van der Waals surface area contributed by atoms with Gasteiger partial charge in [-0.15, -0.1) is 0 Å². The third-order valence-corrected chi connectivity index (χ3v) is 5.40. The summed E-state index contributed by atoms with van der Waals surface area (Å²) in [6.07, 6.45) is 3.36. The van der Waals surface area contributed by atoms with Crippen molar-refractivity contribution in [3.8, 4) is 5.75 Å². The second-order valence-electron chi connectivity index (χ2n) is 5.65. The lowest BCUT2D eigenvalue weighted by molar-refractivity contribution is 0.101. The Hall–Kier alpha value is -1.36. The third kappa shape index (κ3) is 2.66. The van der Waals surface area contributed by atoms with E-state index in [0.29, 0.717) is 11.0 Å². The van der Waals surface area contributed by atoms with Gasteiger partial charge in [0, 0.05) is 5.56 Å². The summed E-state index contributed by atoms with van der Waals surface area (Å²) in [7, 11) is -3.52. The minimum atomic E-state index is -3.52. The maximum absolute atomic E-state index is 11.9. The molecule has 0 amide bonds. The monoisotopic (exact) mass is 280 g/mol. The van der Waals surface area contributed by atoms with E-state index in [1.54, 1.807) is 12.1 Å². The number of ketones is 1. The van der Waals surface area contributed by atoms with Crippen LogP contribution in [0.5, 0.6) is 5.75 Å². The fraction of sp³-hybridized carbons (Fsp3) is 0.500. The Labute approximate surface area is 112 Å². The van der Waals surface area contributed by atoms with Crippen molar-refractivity contribution in [1.29, 1.82) is 0 Å². The molecule has 1 spiro atoms. The lowest BCUT2D eigenvalue weighted by atomic mass is 10.1. The zero-order valence-electron chi connectivity index (χ0n) is 10.8. The summed E-state index contributed by atoms with van der Waals surface area (Å²) in [6.45, 7) is 1.47. The highest BCUT2D eigenvalue weighted by Crippen LogP contribution is 2.70. The summed E-state index contributed by atoms with van der Waals surface area (Å²) in [5.41, 5.74) is 0.901. The molecule has 0 saturated heterocycles. The predicted octanol–water partition coefficient (Wildman–Crippen LogP) is 2.40. The van der Waals surface area contributed by atoms with E-state index in [1.165, 1.54) is 31.9 Å². The van der Waals surface area contributed by atoms with Gasteiger partial charge in [-0.05, 0) is 61.8 Å². The summed E-state index contributed by atoms with van der Waals surface area (Å²) in [5, 5.41) is 0. The van der Waals surface area contributed by atoms with Crippen molar-refractivity contribution in [2.24, 2.45) is 11.3 Å². The molecule has 1 aromatic carbocycles. The standard InChI is InChI=1S/C14H16O4S/c1-10(15)11-2-4-13(5-3-11)18-19(16,17)9-12-8-14(12)6-7-14/h2-5,12H,6-9H2,1H3. The molecule has 2 fully saturated rings. The van der Waals surface area contributed by atoms with E-state index < -0.39 is 10.1 Å². The van der Waals surface area contributed by atoms with Gasteiger partial charge in [0.05, 0.1) is 5.75 Å². The van der Waals surface area contributed by atoms with Gasteiger partial charge in [0.25, 0.3) is 0 Å². The maximum Gasteiger partial charge on any atom is 0.309 e. The Morgan fingerprint density at radius 2 is 1.95 bits per heavy atom. The van der Waals surface area contributed by atoms with Crippen LogP contribution in [0.15, 0.2) is 24.3 Å². The maximum atomic E-state index is 11.9. The molecular weight excluding hydrogens is 264 g/mol. The van der Waals surface area contributed by atoms with E-state index in [0.717, 1.165) is 6.42 Å². The van der Waals surface area contributed by atoms with Crippen LogP contribution >= 0.6 is 0 Å². The highest BCUT2D eigenvalue weighted by molar-refractivity contribution is 7.87. The molecule has 2 saturated carbocycles. The van der Waals surface area contributed by atoms with Crippen molar-refractivity contribution < 1.29 is 17.4 Å². The zero-order chi connectivity index (χ0) is 13.7. The van der Waals surface area contributed by atoms with Crippen molar-refractivity contribution in [2.75, 3.05) is 5.75 Å². The van der Waals surface area contributed by atoms with Crippen molar-refractivity contribution in [3.63, 3.8) is 0 Å². The molecule has 4 nitrogen and oxygen atoms in total. The Morgan fingerprint density at radius 1 is 1.32 bits per heavy atom. The van der Waals surface area contributed by atoms with Gasteiger partial charge in [-0.3, -0.25) is 4.79 Å². The SMILES string of the molecule is CC(=O)c1ccc(OS(=O)(=O)CC2CC23CC3)cc1. The van der Waals surface area contributed by atoms with E-state index in [-0.39, 0.29) is 23.2 Å². The van der Waals surface area contributed by atoms with Gasteiger partial charge < -0.3 is 4.18 Å². The van der Waals surface area contributed by atoms with Crippen LogP contribution in [0.4, 0.5) is 0 Å². The zero-order valence-corrected chi connectivity index (χ0v) is 11.6. The first-order valence-corrected chi connectivity index (χ1v) is 8.01. The fourth-order valence-corrected chi connectivity index (χ4v) is 4.05. The molecule has 19 heavy (non-hydrogen) atoms. The van der Waals surface area contributed by atoms with Gasteiger partial charge in [-0.25, -0.2) is 0 Å². The molecule has 2 aliphatic carbocycles. The Bertz CT molecular complexity index is 611. The van der Waals surface area contributed by atoms with E-state index in [4.69, 9.17) is 4.18 Å². The largest absolute Gasteiger partial charge is 0.382 e. The van der Waals surface area contributed by atoms with Crippen molar-refractivity contribution in [1.82, 2.24) is 0 Å². The summed E-state index contributed by atoms with van der Waals surface area (Å²) < 4.78 is 28.9. The molecule has 0 aliphatic heterocycles. The van der Waals surface area contributed by atoms with E-state index in [2.05, 4.69) is 0 Å². The Morgan fingerprint density at radius 3 is 2.42 bits per heavy atom. The molecule has 5 heteroatoms. The van der Waals surface area contributed by atoms with E-state index in [9.17, 15) is 13.2 Å². The van der Waals surface area contributed by atoms with Gasteiger partial charge >= 0.3 is 10.1 Å². The van der Waals surface area contributed by atoms with Crippen LogP contribution < -0.4 is 4.18 Å². The molecule has 0 N–H and O–H groups in total. The molecule has 0 heterocycles. The number of carbonyl (C=O) groups excluding carboxylic acids is 1. The summed E-state index contributed by atoms with van der Waals surface area (Å²) in [4.78, 5) is 11.1. The minimum absolute atomic E-state index is 0.0527. The number of rotatable bonds is 5. The number of benzene rings is 1. The van der Waals surface area contributed by atoms with Gasteiger partial charge in [0.1, 0.15) is 5.75 Å². The minimum Gasteiger partial charge on any atom is -0.382 e. The fourth-order valence-electron chi connectivity index (χ4n) is 2.61. The Kier molecular flexibility index (Phi) is 2.71. The molecule has 1 unspecified atom stereocenters. The van der Waals surface area contributed by atoms with Gasteiger partial charge in [0.2, 0.25) is 0 Å². The second-order valence-corrected chi connectivity index (χ2v) is 7.27. The van der Waals surface area contributed by atoms with Crippen LogP contribution in [0.25, 0.3) is 0 Å². The summed E-state index contributed by atoms with van der Waals surface area (Å²) in [6, 6.07) is 6.20. The average Bonchev–Trinajstić information content (AvgIpc) is 3.21. The third-order valence-electron chi connectivity index (χ3n) is 4.14. The predicted molar refractivity (Wildman–Crippen MR) is 70.6 cm³/mol. The van der Waals surface area contributed by atoms with Crippen LogP contribution in [0.2, 0.25) is 0 Å². The molecule has 2 aliphatic rings. The molecule has 1 aromatic rings. The topological polar surface area (TPSA) is 60.4 Å². The van der Waals surface area contributed by atoms with Crippen molar-refractivity contribution in [2.45, 2.75) is 26.2 Å². The number of Topliss-reactive ketones (excluding diaryl/α,β-unsaturated/α-hetero) is 1. The molecule has 1 atom stereocenters. The van der Waals surface area contributed by atoms with Crippen LogP contribution in [0.1, 0.15) is 36.5 Å². The number of hydrogen-bond acceptors (Lipinski definition) is 4. The smallest absolute Gasteiger partial charge is 0.309 e. The second kappa shape index (κ2) is 4.07. The first-order valence-electron chi connectivity index (χ1n) is 6.43. The highest BCUT2D eigenvalue weighted by Gasteiger charge is 2.63. The van der Waals surface area contributed by atoms with E-state index >= 15 is 0 Å². The van der Waals surface area contributed by atoms with Gasteiger partial charge in [-0.2, -0.15) is 8.42 Å². The van der Waals surface area contributed by atoms with E-state index in [1.807, 2.05) is 0 Å². The van der Waals surface area contributed by atoms with Crippen LogP contribution in [-0.2, 0) is 10.1 Å². The summed E-state index contributed by atoms with van der Waals surface area (Å²) in [5.74, 6) is 0.620. The van der Waals surface area contributed by atoms with Gasteiger partial charge in [0.15, 0.2) is 5.78 Å². The Balaban J connectivity index is 1.64. The quantitative estimate of drug-likeness (QED) is 0.614. The lowest BCUT2D eigenvalue weighted by Crippen LogP contribution is -2.16. The normalized spacial score (nSPS) is 23.1. The molecule has 0 bridgehead atoms. The molecule has 102 valence electrons. The van der Waals surface area contributed by atoms with Crippen molar-refractivity contribution >= 4 is 15.9 Å². The van der Waals surface area contributed by atoms with Crippen LogP contribution in [-0.4, -0.2) is 20.0 Å². The molecule has 0 aromatic heterocycles. The highest BCUT2D eigenvalue weighted by atomic mass is 32.2.